The molecule has 108 valence electrons. The summed E-state index contributed by atoms with van der Waals surface area (Å²) in [7, 11) is 0. The Bertz CT molecular complexity index is 498. The molecule has 1 aliphatic heterocycles. The summed E-state index contributed by atoms with van der Waals surface area (Å²) in [5, 5.41) is 8.89. The van der Waals surface area contributed by atoms with Gasteiger partial charge < -0.3 is 15.7 Å². The van der Waals surface area contributed by atoms with Gasteiger partial charge in [-0.3, -0.25) is 9.59 Å². The van der Waals surface area contributed by atoms with Gasteiger partial charge in [-0.1, -0.05) is 29.8 Å². The maximum Gasteiger partial charge on any atom is 0.305 e. The molecule has 1 fully saturated rings. The molecule has 0 aromatic heterocycles. The van der Waals surface area contributed by atoms with E-state index in [1.165, 1.54) is 0 Å². The van der Waals surface area contributed by atoms with Gasteiger partial charge in [0.1, 0.15) is 6.04 Å². The smallest absolute Gasteiger partial charge is 0.305 e. The molecule has 5 heteroatoms. The molecule has 0 radical (unpaired) electrons. The standard InChI is InChI=1S/C15H20N2O3/c1-10-4-6-11(7-5-10)14(16)15(20)17-8-2-3-12(17)9-13(18)19/h4-7,12,14H,2-3,8-9,16H2,1H3,(H,18,19). The number of nitrogens with zero attached hydrogens (tertiary/aromatic N) is 1. The van der Waals surface area contributed by atoms with Gasteiger partial charge in [0.25, 0.3) is 0 Å². The number of nitrogens with two attached hydrogens (primary N) is 1. The van der Waals surface area contributed by atoms with Gasteiger partial charge in [0, 0.05) is 12.6 Å². The Labute approximate surface area is 118 Å². The number of carbonyl (C=O) groups excluding carboxylic acids is 1. The van der Waals surface area contributed by atoms with Crippen molar-refractivity contribution in [2.24, 2.45) is 5.73 Å². The highest BCUT2D eigenvalue weighted by Gasteiger charge is 2.33. The Kier molecular flexibility index (Phi) is 4.39. The molecule has 1 aromatic rings. The van der Waals surface area contributed by atoms with Gasteiger partial charge in [0.05, 0.1) is 6.42 Å². The first-order chi connectivity index (χ1) is 9.49. The van der Waals surface area contributed by atoms with Crippen LogP contribution in [0.1, 0.15) is 36.4 Å². The summed E-state index contributed by atoms with van der Waals surface area (Å²) in [4.78, 5) is 24.9. The molecule has 5 nitrogen and oxygen atoms in total. The lowest BCUT2D eigenvalue weighted by Crippen LogP contribution is -2.42. The highest BCUT2D eigenvalue weighted by atomic mass is 16.4. The van der Waals surface area contributed by atoms with Crippen molar-refractivity contribution < 1.29 is 14.7 Å². The number of aliphatic carboxylic acids is 1. The summed E-state index contributed by atoms with van der Waals surface area (Å²) in [5.41, 5.74) is 7.90. The molecule has 1 saturated heterocycles. The first-order valence-electron chi connectivity index (χ1n) is 6.83. The monoisotopic (exact) mass is 276 g/mol. The molecular formula is C15H20N2O3. The molecule has 0 saturated carbocycles. The third-order valence-electron chi connectivity index (χ3n) is 3.77. The Morgan fingerprint density at radius 3 is 2.65 bits per heavy atom. The number of carboxylic acids is 1. The summed E-state index contributed by atoms with van der Waals surface area (Å²) >= 11 is 0. The van der Waals surface area contributed by atoms with Gasteiger partial charge in [-0.15, -0.1) is 0 Å². The van der Waals surface area contributed by atoms with Gasteiger partial charge in [-0.05, 0) is 25.3 Å². The fraction of sp³-hybridized carbons (Fsp3) is 0.467. The molecule has 0 spiro atoms. The van der Waals surface area contributed by atoms with Crippen molar-refractivity contribution >= 4 is 11.9 Å². The highest BCUT2D eigenvalue weighted by molar-refractivity contribution is 5.84. The van der Waals surface area contributed by atoms with E-state index in [1.807, 2.05) is 31.2 Å². The van der Waals surface area contributed by atoms with Gasteiger partial charge in [0.15, 0.2) is 0 Å². The third-order valence-corrected chi connectivity index (χ3v) is 3.77. The molecule has 1 aliphatic rings. The second kappa shape index (κ2) is 6.05. The zero-order valence-electron chi connectivity index (χ0n) is 11.6. The topological polar surface area (TPSA) is 83.6 Å². The van der Waals surface area contributed by atoms with Crippen LogP contribution >= 0.6 is 0 Å². The number of benzene rings is 1. The Balaban J connectivity index is 2.09. The van der Waals surface area contributed by atoms with Crippen LogP contribution in [0.4, 0.5) is 0 Å². The predicted molar refractivity (Wildman–Crippen MR) is 75.1 cm³/mol. The number of carboxylic acid groups (broad SMARTS) is 1. The van der Waals surface area contributed by atoms with E-state index in [2.05, 4.69) is 0 Å². The molecule has 0 bridgehead atoms. The van der Waals surface area contributed by atoms with Crippen LogP contribution in [0.15, 0.2) is 24.3 Å². The van der Waals surface area contributed by atoms with Crippen LogP contribution in [0.2, 0.25) is 0 Å². The Hall–Kier alpha value is -1.88. The lowest BCUT2D eigenvalue weighted by atomic mass is 10.0. The highest BCUT2D eigenvalue weighted by Crippen LogP contribution is 2.24. The first kappa shape index (κ1) is 14.5. The molecule has 1 aromatic carbocycles. The molecule has 2 unspecified atom stereocenters. The van der Waals surface area contributed by atoms with E-state index >= 15 is 0 Å². The molecule has 20 heavy (non-hydrogen) atoms. The average molecular weight is 276 g/mol. The summed E-state index contributed by atoms with van der Waals surface area (Å²) < 4.78 is 0. The Morgan fingerprint density at radius 2 is 2.05 bits per heavy atom. The van der Waals surface area contributed by atoms with Crippen LogP contribution in [0.3, 0.4) is 0 Å². The van der Waals surface area contributed by atoms with Crippen LogP contribution < -0.4 is 5.73 Å². The summed E-state index contributed by atoms with van der Waals surface area (Å²) in [5.74, 6) is -1.06. The second-order valence-electron chi connectivity index (χ2n) is 5.31. The first-order valence-corrected chi connectivity index (χ1v) is 6.83. The van der Waals surface area contributed by atoms with Crippen molar-refractivity contribution in [3.8, 4) is 0 Å². The lowest BCUT2D eigenvalue weighted by molar-refractivity contribution is -0.140. The SMILES string of the molecule is Cc1ccc(C(N)C(=O)N2CCCC2CC(=O)O)cc1. The molecule has 1 amide bonds. The minimum absolute atomic E-state index is 0.00758. The van der Waals surface area contributed by atoms with E-state index in [-0.39, 0.29) is 18.4 Å². The van der Waals surface area contributed by atoms with Gasteiger partial charge in [-0.2, -0.15) is 0 Å². The van der Waals surface area contributed by atoms with E-state index in [0.29, 0.717) is 6.54 Å². The van der Waals surface area contributed by atoms with Gasteiger partial charge in [-0.25, -0.2) is 0 Å². The third kappa shape index (κ3) is 3.17. The molecular weight excluding hydrogens is 256 g/mol. The molecule has 1 heterocycles. The van der Waals surface area contributed by atoms with Crippen molar-refractivity contribution in [1.82, 2.24) is 4.90 Å². The molecule has 3 N–H and O–H groups in total. The normalized spacial score (nSPS) is 19.9. The minimum Gasteiger partial charge on any atom is -0.481 e. The van der Waals surface area contributed by atoms with Crippen LogP contribution in [0.25, 0.3) is 0 Å². The van der Waals surface area contributed by atoms with Crippen molar-refractivity contribution in [3.63, 3.8) is 0 Å². The lowest BCUT2D eigenvalue weighted by Gasteiger charge is -2.26. The molecule has 0 aliphatic carbocycles. The molecule has 2 rings (SSSR count). The van der Waals surface area contributed by atoms with E-state index in [9.17, 15) is 9.59 Å². The van der Waals surface area contributed by atoms with Crippen LogP contribution in [0, 0.1) is 6.92 Å². The van der Waals surface area contributed by atoms with Crippen molar-refractivity contribution in [3.05, 3.63) is 35.4 Å². The largest absolute Gasteiger partial charge is 0.481 e. The summed E-state index contributed by atoms with van der Waals surface area (Å²) in [6, 6.07) is 6.59. The average Bonchev–Trinajstić information content (AvgIpc) is 2.85. The number of aryl methyl sites for hydroxylation is 1. The Morgan fingerprint density at radius 1 is 1.40 bits per heavy atom. The van der Waals surface area contributed by atoms with E-state index in [0.717, 1.165) is 24.0 Å². The van der Waals surface area contributed by atoms with Crippen molar-refractivity contribution in [2.45, 2.75) is 38.3 Å². The van der Waals surface area contributed by atoms with Crippen molar-refractivity contribution in [1.29, 1.82) is 0 Å². The number of likely N-dealkylation sites (tertiary alicyclic amines) is 1. The fourth-order valence-electron chi connectivity index (χ4n) is 2.63. The second-order valence-corrected chi connectivity index (χ2v) is 5.31. The van der Waals surface area contributed by atoms with E-state index < -0.39 is 12.0 Å². The van der Waals surface area contributed by atoms with E-state index in [1.54, 1.807) is 4.90 Å². The zero-order chi connectivity index (χ0) is 14.7. The summed E-state index contributed by atoms with van der Waals surface area (Å²) in [6.07, 6.45) is 1.56. The minimum atomic E-state index is -0.876. The quantitative estimate of drug-likeness (QED) is 0.872. The van der Waals surface area contributed by atoms with Gasteiger partial charge in [0.2, 0.25) is 5.91 Å². The van der Waals surface area contributed by atoms with Crippen LogP contribution in [0.5, 0.6) is 0 Å². The number of hydrogen-bond acceptors (Lipinski definition) is 3. The zero-order valence-corrected chi connectivity index (χ0v) is 11.6. The van der Waals surface area contributed by atoms with E-state index in [4.69, 9.17) is 10.8 Å². The predicted octanol–water partition coefficient (Wildman–Crippen LogP) is 1.46. The summed E-state index contributed by atoms with van der Waals surface area (Å²) in [6.45, 7) is 2.57. The van der Waals surface area contributed by atoms with Crippen LogP contribution in [-0.2, 0) is 9.59 Å². The molecule has 2 atom stereocenters. The number of carbonyl (C=O) groups is 2. The van der Waals surface area contributed by atoms with Crippen LogP contribution in [-0.4, -0.2) is 34.5 Å². The number of amides is 1. The number of rotatable bonds is 4. The maximum absolute atomic E-state index is 12.4. The number of hydrogen-bond donors (Lipinski definition) is 2. The van der Waals surface area contributed by atoms with Crippen molar-refractivity contribution in [2.75, 3.05) is 6.54 Å². The maximum atomic E-state index is 12.4. The van der Waals surface area contributed by atoms with Gasteiger partial charge >= 0.3 is 5.97 Å². The fourth-order valence-corrected chi connectivity index (χ4v) is 2.63.